The number of amides is 1. The van der Waals surface area contributed by atoms with Crippen molar-refractivity contribution in [2.24, 2.45) is 0 Å². The molecule has 10 heteroatoms. The van der Waals surface area contributed by atoms with Gasteiger partial charge in [-0.1, -0.05) is 26.0 Å². The number of hydrogen-bond donors (Lipinski definition) is 2. The molecule has 5 rings (SSSR count). The predicted octanol–water partition coefficient (Wildman–Crippen LogP) is 3.54. The second kappa shape index (κ2) is 10.6. The highest BCUT2D eigenvalue weighted by Crippen LogP contribution is 2.28. The fraction of sp³-hybridized carbons (Fsp3) is 0.407. The number of rotatable bonds is 8. The summed E-state index contributed by atoms with van der Waals surface area (Å²) in [6, 6.07) is 10.7. The lowest BCUT2D eigenvalue weighted by molar-refractivity contribution is 0.0940. The summed E-state index contributed by atoms with van der Waals surface area (Å²) < 4.78 is 9.02. The van der Waals surface area contributed by atoms with Gasteiger partial charge in [0.1, 0.15) is 0 Å². The molecule has 0 spiro atoms. The van der Waals surface area contributed by atoms with Gasteiger partial charge in [-0.25, -0.2) is 4.52 Å². The number of hydrogen-bond acceptors (Lipinski definition) is 7. The maximum absolute atomic E-state index is 13.0. The third kappa shape index (κ3) is 5.15. The molecule has 0 saturated carbocycles. The molecule has 10 nitrogen and oxygen atoms in total. The number of nitrogens with zero attached hydrogens (tertiary/aromatic N) is 6. The fourth-order valence-corrected chi connectivity index (χ4v) is 4.69. The number of aromatic nitrogens is 5. The van der Waals surface area contributed by atoms with Crippen molar-refractivity contribution >= 4 is 23.2 Å². The predicted molar refractivity (Wildman–Crippen MR) is 144 cm³/mol. The standard InChI is InChI=1S/C27H34N8O2/c1-4-18(3)30-26(36)23-14-20(16-35-25(23)31-27(28)32-35)21-15-29-34(17-21)24(5-2)19-6-8-22(9-7-19)33-10-12-37-13-11-33/h6-9,14-18,24H,4-5,10-13H2,1-3H3,(H2,28,32)(H,30,36). The van der Waals surface area contributed by atoms with Gasteiger partial charge in [-0.3, -0.25) is 9.48 Å². The normalized spacial score (nSPS) is 15.6. The van der Waals surface area contributed by atoms with Crippen LogP contribution in [0.3, 0.4) is 0 Å². The van der Waals surface area contributed by atoms with Crippen molar-refractivity contribution in [3.8, 4) is 11.1 Å². The van der Waals surface area contributed by atoms with E-state index in [0.29, 0.717) is 11.2 Å². The van der Waals surface area contributed by atoms with Gasteiger partial charge < -0.3 is 20.7 Å². The number of ether oxygens (including phenoxy) is 1. The van der Waals surface area contributed by atoms with Crippen LogP contribution in [0.5, 0.6) is 0 Å². The lowest BCUT2D eigenvalue weighted by atomic mass is 10.0. The van der Waals surface area contributed by atoms with Gasteiger partial charge in [0.2, 0.25) is 5.95 Å². The van der Waals surface area contributed by atoms with Crippen molar-refractivity contribution in [3.63, 3.8) is 0 Å². The Balaban J connectivity index is 1.43. The summed E-state index contributed by atoms with van der Waals surface area (Å²) in [5, 5.41) is 12.0. The summed E-state index contributed by atoms with van der Waals surface area (Å²) in [4.78, 5) is 19.7. The molecule has 1 aromatic carbocycles. The van der Waals surface area contributed by atoms with Crippen molar-refractivity contribution in [2.75, 3.05) is 36.9 Å². The average molecular weight is 503 g/mol. The molecular formula is C27H34N8O2. The molecule has 2 atom stereocenters. The van der Waals surface area contributed by atoms with Crippen LogP contribution < -0.4 is 16.0 Å². The fourth-order valence-electron chi connectivity index (χ4n) is 4.69. The van der Waals surface area contributed by atoms with E-state index < -0.39 is 0 Å². The van der Waals surface area contributed by atoms with Crippen LogP contribution in [0.4, 0.5) is 11.6 Å². The minimum Gasteiger partial charge on any atom is -0.378 e. The van der Waals surface area contributed by atoms with Gasteiger partial charge in [-0.05, 0) is 43.5 Å². The zero-order valence-electron chi connectivity index (χ0n) is 21.6. The molecule has 4 aromatic rings. The number of pyridine rings is 1. The summed E-state index contributed by atoms with van der Waals surface area (Å²) in [6.45, 7) is 9.52. The number of nitrogens with one attached hydrogen (secondary N) is 1. The Labute approximate surface area is 216 Å². The van der Waals surface area contributed by atoms with Gasteiger partial charge in [0, 0.05) is 48.3 Å². The van der Waals surface area contributed by atoms with E-state index in [1.807, 2.05) is 43.2 Å². The smallest absolute Gasteiger partial charge is 0.255 e. The van der Waals surface area contributed by atoms with Crippen LogP contribution >= 0.6 is 0 Å². The third-order valence-electron chi connectivity index (χ3n) is 6.98. The largest absolute Gasteiger partial charge is 0.378 e. The van der Waals surface area contributed by atoms with Crippen LogP contribution in [0.2, 0.25) is 0 Å². The number of morpholine rings is 1. The van der Waals surface area contributed by atoms with Crippen molar-refractivity contribution < 1.29 is 9.53 Å². The van der Waals surface area contributed by atoms with Gasteiger partial charge in [0.15, 0.2) is 5.65 Å². The Morgan fingerprint density at radius 1 is 1.11 bits per heavy atom. The zero-order valence-corrected chi connectivity index (χ0v) is 21.6. The van der Waals surface area contributed by atoms with Gasteiger partial charge in [0.25, 0.3) is 5.91 Å². The summed E-state index contributed by atoms with van der Waals surface area (Å²) in [7, 11) is 0. The first-order valence-corrected chi connectivity index (χ1v) is 12.9. The summed E-state index contributed by atoms with van der Waals surface area (Å²) in [6.07, 6.45) is 7.39. The van der Waals surface area contributed by atoms with Gasteiger partial charge in [-0.2, -0.15) is 10.1 Å². The second-order valence-corrected chi connectivity index (χ2v) is 9.49. The third-order valence-corrected chi connectivity index (χ3v) is 6.98. The van der Waals surface area contributed by atoms with E-state index in [1.54, 1.807) is 4.52 Å². The average Bonchev–Trinajstić information content (AvgIpc) is 3.55. The van der Waals surface area contributed by atoms with E-state index in [4.69, 9.17) is 15.6 Å². The Morgan fingerprint density at radius 3 is 2.57 bits per heavy atom. The zero-order chi connectivity index (χ0) is 25.9. The monoisotopic (exact) mass is 502 g/mol. The maximum Gasteiger partial charge on any atom is 0.255 e. The van der Waals surface area contributed by atoms with Gasteiger partial charge in [0.05, 0.1) is 31.0 Å². The van der Waals surface area contributed by atoms with E-state index >= 15 is 0 Å². The lowest BCUT2D eigenvalue weighted by Gasteiger charge is -2.29. The van der Waals surface area contributed by atoms with Crippen molar-refractivity contribution in [2.45, 2.75) is 45.7 Å². The van der Waals surface area contributed by atoms with E-state index in [-0.39, 0.29) is 23.9 Å². The first kappa shape index (κ1) is 24.8. The Morgan fingerprint density at radius 2 is 1.86 bits per heavy atom. The van der Waals surface area contributed by atoms with E-state index in [1.165, 1.54) is 11.3 Å². The number of fused-ring (bicyclic) bond motifs is 1. The number of nitrogen functional groups attached to an aromatic ring is 1. The molecule has 2 unspecified atom stereocenters. The second-order valence-electron chi connectivity index (χ2n) is 9.49. The molecule has 4 heterocycles. The number of carbonyl (C=O) groups excluding carboxylic acids is 1. The molecule has 1 amide bonds. The molecule has 0 bridgehead atoms. The molecule has 1 saturated heterocycles. The quantitative estimate of drug-likeness (QED) is 0.379. The molecule has 3 aromatic heterocycles. The van der Waals surface area contributed by atoms with Crippen molar-refractivity contribution in [1.82, 2.24) is 29.7 Å². The maximum atomic E-state index is 13.0. The molecule has 0 radical (unpaired) electrons. The first-order chi connectivity index (χ1) is 18.0. The Hall–Kier alpha value is -3.92. The molecule has 1 aliphatic rings. The van der Waals surface area contributed by atoms with Crippen LogP contribution in [0, 0.1) is 0 Å². The SMILES string of the molecule is CCC(C)NC(=O)c1cc(-c2cnn(C(CC)c3ccc(N4CCOCC4)cc3)c2)cn2nc(N)nc12. The Kier molecular flexibility index (Phi) is 7.09. The number of nitrogens with two attached hydrogens (primary N) is 1. The molecule has 1 aliphatic heterocycles. The van der Waals surface area contributed by atoms with Crippen LogP contribution in [-0.4, -0.2) is 62.6 Å². The Bertz CT molecular complexity index is 1370. The molecule has 3 N–H and O–H groups in total. The van der Waals surface area contributed by atoms with Crippen molar-refractivity contribution in [1.29, 1.82) is 0 Å². The highest BCUT2D eigenvalue weighted by Gasteiger charge is 2.20. The van der Waals surface area contributed by atoms with Crippen LogP contribution in [0.25, 0.3) is 16.8 Å². The van der Waals surface area contributed by atoms with E-state index in [9.17, 15) is 4.79 Å². The highest BCUT2D eigenvalue weighted by molar-refractivity contribution is 6.01. The molecule has 1 fully saturated rings. The van der Waals surface area contributed by atoms with Crippen LogP contribution in [0.15, 0.2) is 48.9 Å². The molecule has 194 valence electrons. The number of benzene rings is 1. The summed E-state index contributed by atoms with van der Waals surface area (Å²) in [5.74, 6) is -0.0789. The first-order valence-electron chi connectivity index (χ1n) is 12.9. The van der Waals surface area contributed by atoms with E-state index in [0.717, 1.165) is 50.3 Å². The number of anilines is 2. The van der Waals surface area contributed by atoms with Gasteiger partial charge in [-0.15, -0.1) is 5.10 Å². The van der Waals surface area contributed by atoms with Gasteiger partial charge >= 0.3 is 0 Å². The summed E-state index contributed by atoms with van der Waals surface area (Å²) in [5.41, 5.74) is 10.8. The number of carbonyl (C=O) groups is 1. The molecule has 0 aliphatic carbocycles. The van der Waals surface area contributed by atoms with Crippen LogP contribution in [-0.2, 0) is 4.74 Å². The van der Waals surface area contributed by atoms with Crippen molar-refractivity contribution in [3.05, 3.63) is 60.0 Å². The summed E-state index contributed by atoms with van der Waals surface area (Å²) >= 11 is 0. The minimum atomic E-state index is -0.201. The lowest BCUT2D eigenvalue weighted by Crippen LogP contribution is -2.36. The molecule has 37 heavy (non-hydrogen) atoms. The topological polar surface area (TPSA) is 116 Å². The van der Waals surface area contributed by atoms with E-state index in [2.05, 4.69) is 51.5 Å². The van der Waals surface area contributed by atoms with Crippen LogP contribution in [0.1, 0.15) is 55.6 Å². The minimum absolute atomic E-state index is 0.0409. The molecular weight excluding hydrogens is 468 g/mol. The highest BCUT2D eigenvalue weighted by atomic mass is 16.5.